The molecule has 0 radical (unpaired) electrons. The largest absolute Gasteiger partial charge is 0.381 e. The minimum atomic E-state index is -0.793. The Morgan fingerprint density at radius 3 is 2.29 bits per heavy atom. The number of nitrogens with one attached hydrogen (secondary N) is 2. The van der Waals surface area contributed by atoms with Crippen molar-refractivity contribution in [2.45, 2.75) is 31.2 Å². The molecule has 0 aromatic heterocycles. The summed E-state index contributed by atoms with van der Waals surface area (Å²) in [4.78, 5) is 13.3. The number of rotatable bonds is 6. The zero-order valence-electron chi connectivity index (χ0n) is 17.6. The first-order valence-corrected chi connectivity index (χ1v) is 10.6. The molecule has 1 aliphatic heterocycles. The summed E-state index contributed by atoms with van der Waals surface area (Å²) in [5.41, 5.74) is 2.80. The molecule has 1 saturated heterocycles. The first kappa shape index (κ1) is 21.1. The topological polar surface area (TPSA) is 50.4 Å². The maximum absolute atomic E-state index is 13.9. The SMILES string of the molecule is CC(Nc1ccc(NC(=O)C2(c3cccc(F)c3)CCOCC2)cc1)c1ccccc1. The van der Waals surface area contributed by atoms with Gasteiger partial charge < -0.3 is 15.4 Å². The van der Waals surface area contributed by atoms with E-state index in [1.54, 1.807) is 6.07 Å². The second-order valence-corrected chi connectivity index (χ2v) is 8.01. The molecule has 31 heavy (non-hydrogen) atoms. The van der Waals surface area contributed by atoms with Crippen LogP contribution in [0.3, 0.4) is 0 Å². The van der Waals surface area contributed by atoms with Gasteiger partial charge in [-0.3, -0.25) is 4.79 Å². The Morgan fingerprint density at radius 2 is 1.61 bits per heavy atom. The van der Waals surface area contributed by atoms with Crippen molar-refractivity contribution in [3.63, 3.8) is 0 Å². The highest BCUT2D eigenvalue weighted by atomic mass is 19.1. The molecule has 1 amide bonds. The fourth-order valence-electron chi connectivity index (χ4n) is 4.13. The van der Waals surface area contributed by atoms with Gasteiger partial charge in [0, 0.05) is 30.6 Å². The Morgan fingerprint density at radius 1 is 0.935 bits per heavy atom. The van der Waals surface area contributed by atoms with Crippen LogP contribution in [0.5, 0.6) is 0 Å². The monoisotopic (exact) mass is 418 g/mol. The highest BCUT2D eigenvalue weighted by Crippen LogP contribution is 2.36. The van der Waals surface area contributed by atoms with E-state index in [4.69, 9.17) is 4.74 Å². The van der Waals surface area contributed by atoms with E-state index >= 15 is 0 Å². The molecule has 0 spiro atoms. The van der Waals surface area contributed by atoms with Crippen LogP contribution in [0.25, 0.3) is 0 Å². The van der Waals surface area contributed by atoms with Crippen LogP contribution in [0.4, 0.5) is 15.8 Å². The lowest BCUT2D eigenvalue weighted by atomic mass is 9.73. The van der Waals surface area contributed by atoms with Crippen molar-refractivity contribution in [3.8, 4) is 0 Å². The molecule has 2 N–H and O–H groups in total. The molecule has 4 nitrogen and oxygen atoms in total. The number of carbonyl (C=O) groups excluding carboxylic acids is 1. The number of halogens is 1. The summed E-state index contributed by atoms with van der Waals surface area (Å²) in [6.07, 6.45) is 1.05. The molecule has 1 atom stereocenters. The molecule has 3 aromatic rings. The van der Waals surface area contributed by atoms with E-state index in [0.717, 1.165) is 5.69 Å². The van der Waals surface area contributed by atoms with Crippen molar-refractivity contribution in [2.24, 2.45) is 0 Å². The van der Waals surface area contributed by atoms with Crippen molar-refractivity contribution < 1.29 is 13.9 Å². The van der Waals surface area contributed by atoms with E-state index in [9.17, 15) is 9.18 Å². The first-order valence-electron chi connectivity index (χ1n) is 10.6. The fraction of sp³-hybridized carbons (Fsp3) is 0.269. The van der Waals surface area contributed by atoms with Gasteiger partial charge >= 0.3 is 0 Å². The summed E-state index contributed by atoms with van der Waals surface area (Å²) >= 11 is 0. The van der Waals surface area contributed by atoms with Crippen LogP contribution in [0.1, 0.15) is 36.9 Å². The lowest BCUT2D eigenvalue weighted by Crippen LogP contribution is -2.44. The average molecular weight is 419 g/mol. The van der Waals surface area contributed by atoms with Gasteiger partial charge in [0.2, 0.25) is 5.91 Å². The van der Waals surface area contributed by atoms with Crippen LogP contribution in [-0.2, 0) is 14.9 Å². The van der Waals surface area contributed by atoms with Gasteiger partial charge in [-0.25, -0.2) is 4.39 Å². The Kier molecular flexibility index (Phi) is 6.33. The summed E-state index contributed by atoms with van der Waals surface area (Å²) in [5.74, 6) is -0.459. The second-order valence-electron chi connectivity index (χ2n) is 8.01. The Balaban J connectivity index is 1.48. The maximum atomic E-state index is 13.9. The van der Waals surface area contributed by atoms with Crippen LogP contribution >= 0.6 is 0 Å². The highest BCUT2D eigenvalue weighted by Gasteiger charge is 2.42. The number of carbonyl (C=O) groups is 1. The van der Waals surface area contributed by atoms with Crippen molar-refractivity contribution >= 4 is 17.3 Å². The van der Waals surface area contributed by atoms with E-state index < -0.39 is 5.41 Å². The molecule has 0 aliphatic carbocycles. The summed E-state index contributed by atoms with van der Waals surface area (Å²) in [6.45, 7) is 3.06. The minimum absolute atomic E-state index is 0.125. The van der Waals surface area contributed by atoms with E-state index in [1.165, 1.54) is 17.7 Å². The second kappa shape index (κ2) is 9.31. The first-order chi connectivity index (χ1) is 15.1. The standard InChI is InChI=1S/C26H27FN2O2/c1-19(20-6-3-2-4-7-20)28-23-10-12-24(13-11-23)29-25(30)26(14-16-31-17-15-26)21-8-5-9-22(27)18-21/h2-13,18-19,28H,14-17H2,1H3,(H,29,30). The lowest BCUT2D eigenvalue weighted by Gasteiger charge is -2.36. The van der Waals surface area contributed by atoms with Gasteiger partial charge in [-0.1, -0.05) is 42.5 Å². The summed E-state index contributed by atoms with van der Waals surface area (Å²) in [7, 11) is 0. The maximum Gasteiger partial charge on any atom is 0.235 e. The third kappa shape index (κ3) is 4.78. The smallest absolute Gasteiger partial charge is 0.235 e. The van der Waals surface area contributed by atoms with Crippen molar-refractivity contribution in [3.05, 3.63) is 95.8 Å². The van der Waals surface area contributed by atoms with Crippen molar-refractivity contribution in [2.75, 3.05) is 23.8 Å². The Bertz CT molecular complexity index is 1020. The molecule has 1 aliphatic rings. The molecule has 160 valence electrons. The van der Waals surface area contributed by atoms with Crippen LogP contribution in [0, 0.1) is 5.82 Å². The molecule has 4 rings (SSSR count). The quantitative estimate of drug-likeness (QED) is 0.541. The summed E-state index contributed by atoms with van der Waals surface area (Å²) in [5, 5.41) is 6.51. The summed E-state index contributed by atoms with van der Waals surface area (Å²) < 4.78 is 19.4. The minimum Gasteiger partial charge on any atom is -0.381 e. The van der Waals surface area contributed by atoms with Crippen molar-refractivity contribution in [1.29, 1.82) is 0 Å². The van der Waals surface area contributed by atoms with Gasteiger partial charge in [-0.2, -0.15) is 0 Å². The van der Waals surface area contributed by atoms with Gasteiger partial charge in [0.25, 0.3) is 0 Å². The molecule has 1 heterocycles. The molecule has 0 saturated carbocycles. The van der Waals surface area contributed by atoms with Gasteiger partial charge in [0.05, 0.1) is 5.41 Å². The molecular formula is C26H27FN2O2. The number of hydrogen-bond acceptors (Lipinski definition) is 3. The molecule has 5 heteroatoms. The fourth-order valence-corrected chi connectivity index (χ4v) is 4.13. The number of ether oxygens (including phenoxy) is 1. The third-order valence-electron chi connectivity index (χ3n) is 5.98. The van der Waals surface area contributed by atoms with Crippen LogP contribution in [0.15, 0.2) is 78.9 Å². The lowest BCUT2D eigenvalue weighted by molar-refractivity contribution is -0.125. The molecule has 1 unspecified atom stereocenters. The normalized spacial score (nSPS) is 16.3. The molecule has 3 aromatic carbocycles. The third-order valence-corrected chi connectivity index (χ3v) is 5.98. The predicted octanol–water partition coefficient (Wildman–Crippen LogP) is 5.69. The van der Waals surface area contributed by atoms with Crippen molar-refractivity contribution in [1.82, 2.24) is 0 Å². The van der Waals surface area contributed by atoms with Gasteiger partial charge in [0.1, 0.15) is 5.82 Å². The Hall–Kier alpha value is -3.18. The highest BCUT2D eigenvalue weighted by molar-refractivity contribution is 5.99. The van der Waals surface area contributed by atoms with Gasteiger partial charge in [-0.15, -0.1) is 0 Å². The molecule has 0 bridgehead atoms. The number of benzene rings is 3. The molecule has 1 fully saturated rings. The zero-order valence-corrected chi connectivity index (χ0v) is 17.6. The number of hydrogen-bond donors (Lipinski definition) is 2. The molecular weight excluding hydrogens is 391 g/mol. The number of amides is 1. The van der Waals surface area contributed by atoms with E-state index in [2.05, 4.69) is 29.7 Å². The summed E-state index contributed by atoms with van der Waals surface area (Å²) in [6, 6.07) is 24.4. The van der Waals surface area contributed by atoms with E-state index in [-0.39, 0.29) is 17.8 Å². The van der Waals surface area contributed by atoms with Gasteiger partial charge in [-0.05, 0) is 67.3 Å². The zero-order chi connectivity index (χ0) is 21.7. The van der Waals surface area contributed by atoms with Gasteiger partial charge in [0.15, 0.2) is 0 Å². The number of anilines is 2. The predicted molar refractivity (Wildman–Crippen MR) is 122 cm³/mol. The van der Waals surface area contributed by atoms with Crippen LogP contribution in [0.2, 0.25) is 0 Å². The van der Waals surface area contributed by atoms with Crippen LogP contribution in [-0.4, -0.2) is 19.1 Å². The average Bonchev–Trinajstić information content (AvgIpc) is 2.81. The van der Waals surface area contributed by atoms with E-state index in [0.29, 0.717) is 37.3 Å². The van der Waals surface area contributed by atoms with Crippen LogP contribution < -0.4 is 10.6 Å². The Labute approximate surface area is 182 Å². The van der Waals surface area contributed by atoms with E-state index in [1.807, 2.05) is 48.5 Å².